The van der Waals surface area contributed by atoms with Gasteiger partial charge in [-0.05, 0) is 50.7 Å². The van der Waals surface area contributed by atoms with Gasteiger partial charge in [0.2, 0.25) is 15.9 Å². The van der Waals surface area contributed by atoms with E-state index in [0.29, 0.717) is 49.0 Å². The minimum absolute atomic E-state index is 0.0349. The lowest BCUT2D eigenvalue weighted by Crippen LogP contribution is -2.57. The number of allylic oxidation sites excluding steroid dienone is 1. The smallest absolute Gasteiger partial charge is 0.443 e. The first-order valence-corrected chi connectivity index (χ1v) is 19.8. The van der Waals surface area contributed by atoms with E-state index in [9.17, 15) is 36.0 Å². The molecule has 53 heavy (non-hydrogen) atoms. The van der Waals surface area contributed by atoms with Crippen molar-refractivity contribution in [1.29, 1.82) is 0 Å². The number of hydrogen-bond acceptors (Lipinski definition) is 10. The maximum absolute atomic E-state index is 14.1. The number of hydrogen-bond donors (Lipinski definition) is 2. The van der Waals surface area contributed by atoms with Crippen molar-refractivity contribution in [3.8, 4) is 22.9 Å². The topological polar surface area (TPSA) is 160 Å². The number of nitrogens with zero attached hydrogens (tertiary/aromatic N) is 4. The van der Waals surface area contributed by atoms with E-state index in [1.807, 2.05) is 12.2 Å². The van der Waals surface area contributed by atoms with Crippen molar-refractivity contribution in [1.82, 2.24) is 29.8 Å². The van der Waals surface area contributed by atoms with Gasteiger partial charge in [-0.3, -0.25) is 14.3 Å². The fourth-order valence-corrected chi connectivity index (χ4v) is 9.13. The first-order valence-electron chi connectivity index (χ1n) is 17.0. The Hall–Kier alpha value is -4.16. The number of thiazole rings is 1. The lowest BCUT2D eigenvalue weighted by Gasteiger charge is -2.30. The molecule has 1 aromatic carbocycles. The third-order valence-corrected chi connectivity index (χ3v) is 13.1. The summed E-state index contributed by atoms with van der Waals surface area (Å²) in [6.45, 7) is 0.317. The molecule has 4 amide bonds. The molecule has 2 aliphatic carbocycles. The number of alkyl halides is 3. The Morgan fingerprint density at radius 3 is 2.62 bits per heavy atom. The molecule has 4 heterocycles. The van der Waals surface area contributed by atoms with Crippen LogP contribution >= 0.6 is 22.9 Å². The van der Waals surface area contributed by atoms with Gasteiger partial charge in [0.25, 0.3) is 5.91 Å². The maximum atomic E-state index is 14.1. The molecule has 13 nitrogen and oxygen atoms in total. The predicted molar refractivity (Wildman–Crippen MR) is 189 cm³/mol. The number of fused-ring (bicyclic) bond motifs is 3. The first kappa shape index (κ1) is 37.2. The van der Waals surface area contributed by atoms with E-state index < -0.39 is 62.0 Å². The zero-order valence-corrected chi connectivity index (χ0v) is 31.0. The number of benzene rings is 1. The van der Waals surface area contributed by atoms with Crippen LogP contribution in [0.5, 0.6) is 11.5 Å². The van der Waals surface area contributed by atoms with Crippen molar-refractivity contribution in [3.63, 3.8) is 0 Å². The molecule has 4 aliphatic rings. The number of carbonyl (C=O) groups is 3. The lowest BCUT2D eigenvalue weighted by molar-refractivity contribution is -0.137. The van der Waals surface area contributed by atoms with E-state index in [2.05, 4.69) is 20.0 Å². The van der Waals surface area contributed by atoms with Crippen LogP contribution in [0.15, 0.2) is 35.7 Å². The summed E-state index contributed by atoms with van der Waals surface area (Å²) in [6, 6.07) is 2.89. The zero-order chi connectivity index (χ0) is 37.9. The Bertz CT molecular complexity index is 2110. The highest BCUT2D eigenvalue weighted by Gasteiger charge is 2.62. The average Bonchev–Trinajstić information content (AvgIpc) is 3.98. The van der Waals surface area contributed by atoms with Crippen molar-refractivity contribution in [2.75, 3.05) is 27.2 Å². The second-order valence-electron chi connectivity index (χ2n) is 13.7. The highest BCUT2D eigenvalue weighted by molar-refractivity contribution is 7.91. The van der Waals surface area contributed by atoms with Gasteiger partial charge in [-0.2, -0.15) is 13.2 Å². The molecule has 2 saturated carbocycles. The van der Waals surface area contributed by atoms with Crippen LogP contribution < -0.4 is 19.5 Å². The molecule has 3 fully saturated rings. The molecule has 0 unspecified atom stereocenters. The van der Waals surface area contributed by atoms with Gasteiger partial charge >= 0.3 is 12.2 Å². The highest BCUT2D eigenvalue weighted by Crippen LogP contribution is 2.46. The van der Waals surface area contributed by atoms with Gasteiger partial charge < -0.3 is 24.6 Å². The average molecular weight is 797 g/mol. The van der Waals surface area contributed by atoms with E-state index in [0.717, 1.165) is 6.42 Å². The van der Waals surface area contributed by atoms with Gasteiger partial charge in [0.1, 0.15) is 39.9 Å². The number of ether oxygens (including phenoxy) is 2. The van der Waals surface area contributed by atoms with Crippen molar-refractivity contribution < 1.29 is 45.4 Å². The van der Waals surface area contributed by atoms with Crippen molar-refractivity contribution >= 4 is 61.7 Å². The molecule has 0 spiro atoms. The minimum atomic E-state index is -4.66. The molecule has 4 atom stereocenters. The van der Waals surface area contributed by atoms with Gasteiger partial charge in [0, 0.05) is 42.8 Å². The molecule has 2 aliphatic heterocycles. The monoisotopic (exact) mass is 796 g/mol. The fourth-order valence-electron chi connectivity index (χ4n) is 6.80. The largest absolute Gasteiger partial charge is 0.495 e. The molecule has 3 aromatic rings. The summed E-state index contributed by atoms with van der Waals surface area (Å²) in [4.78, 5) is 52.7. The number of likely N-dealkylation sites (N-methyl/N-ethyl adjacent to an activating group) is 1. The lowest BCUT2D eigenvalue weighted by atomic mass is 10.1. The SMILES string of the molecule is COc1ccc2c(O[C@H]3C[C@H]4C(=O)N(C)CCCC/C=C\[C@@H]5C[C@@]5(C(=O)NS(=O)(=O)C5CC5)NC(=O)N4C3)cc(-c3csc(C(F)(F)F)n3)nc2c1Cl. The molecule has 2 N–H and O–H groups in total. The van der Waals surface area contributed by atoms with Crippen LogP contribution in [-0.2, 0) is 25.8 Å². The summed E-state index contributed by atoms with van der Waals surface area (Å²) in [5.41, 5.74) is -1.38. The maximum Gasteiger partial charge on any atom is 0.443 e. The summed E-state index contributed by atoms with van der Waals surface area (Å²) >= 11 is 7.04. The number of urea groups is 1. The van der Waals surface area contributed by atoms with E-state index in [-0.39, 0.29) is 58.7 Å². The standard InChI is InChI=1S/C34H36ClF3N6O7S2/c1-43-12-6-4-3-5-7-18-15-33(18,30(46)42-53(48,49)20-8-9-20)41-32(47)44-16-19(13-24(44)29(43)45)51-26-14-22(23-17-52-31(40-23)34(36,37)38)39-28-21(26)10-11-25(50-2)27(28)35/h5,7,10-11,14,17-20,24H,3-4,6,8-9,12-13,15-16H2,1-2H3,(H,41,47)(H,42,46)/b7-5-/t18-,19+,24+,33-/m1/s1. The molecule has 19 heteroatoms. The van der Waals surface area contributed by atoms with Crippen molar-refractivity contribution in [3.05, 3.63) is 45.8 Å². The highest BCUT2D eigenvalue weighted by atomic mass is 35.5. The van der Waals surface area contributed by atoms with Crippen molar-refractivity contribution in [2.45, 2.75) is 74.1 Å². The molecule has 1 saturated heterocycles. The van der Waals surface area contributed by atoms with Gasteiger partial charge in [0.15, 0.2) is 5.01 Å². The number of pyridine rings is 1. The second-order valence-corrected chi connectivity index (χ2v) is 16.9. The number of aromatic nitrogens is 2. The third-order valence-electron chi connectivity index (χ3n) is 9.98. The Morgan fingerprint density at radius 1 is 1.15 bits per heavy atom. The van der Waals surface area contributed by atoms with E-state index in [1.54, 1.807) is 24.1 Å². The van der Waals surface area contributed by atoms with Crippen molar-refractivity contribution in [2.24, 2.45) is 5.92 Å². The van der Waals surface area contributed by atoms with Crippen LogP contribution in [0.4, 0.5) is 18.0 Å². The van der Waals surface area contributed by atoms with E-state index >= 15 is 0 Å². The Kier molecular flexibility index (Phi) is 9.76. The molecule has 0 bridgehead atoms. The molecular formula is C34H36ClF3N6O7S2. The number of amides is 4. The number of carbonyl (C=O) groups excluding carboxylic acids is 3. The molecule has 2 aromatic heterocycles. The molecule has 284 valence electrons. The van der Waals surface area contributed by atoms with Crippen LogP contribution in [0, 0.1) is 5.92 Å². The third kappa shape index (κ3) is 7.36. The summed E-state index contributed by atoms with van der Waals surface area (Å²) in [5, 5.41) is 2.78. The summed E-state index contributed by atoms with van der Waals surface area (Å²) < 4.78 is 79.8. The second kappa shape index (κ2) is 13.9. The first-order chi connectivity index (χ1) is 25.1. The number of sulfonamides is 1. The van der Waals surface area contributed by atoms with Crippen LogP contribution in [0.2, 0.25) is 5.02 Å². The summed E-state index contributed by atoms with van der Waals surface area (Å²) in [7, 11) is -0.862. The normalized spacial score (nSPS) is 26.0. The molecule has 7 rings (SSSR count). The minimum Gasteiger partial charge on any atom is -0.495 e. The van der Waals surface area contributed by atoms with Crippen LogP contribution in [-0.4, -0.2) is 96.2 Å². The van der Waals surface area contributed by atoms with Gasteiger partial charge in [-0.15, -0.1) is 11.3 Å². The van der Waals surface area contributed by atoms with Crippen LogP contribution in [0.1, 0.15) is 50.0 Å². The predicted octanol–water partition coefficient (Wildman–Crippen LogP) is 5.14. The Balaban J connectivity index is 1.21. The number of halogens is 4. The summed E-state index contributed by atoms with van der Waals surface area (Å²) in [6.07, 6.45) is 1.48. The molecular weight excluding hydrogens is 761 g/mol. The van der Waals surface area contributed by atoms with Crippen LogP contribution in [0.25, 0.3) is 22.3 Å². The zero-order valence-electron chi connectivity index (χ0n) is 28.6. The quantitative estimate of drug-likeness (QED) is 0.309. The number of rotatable bonds is 7. The van der Waals surface area contributed by atoms with E-state index in [4.69, 9.17) is 21.1 Å². The Labute approximate surface area is 311 Å². The fraction of sp³-hybridized carbons (Fsp3) is 0.500. The Morgan fingerprint density at radius 2 is 1.92 bits per heavy atom. The van der Waals surface area contributed by atoms with E-state index in [1.165, 1.54) is 23.5 Å². The van der Waals surface area contributed by atoms with Gasteiger partial charge in [-0.25, -0.2) is 23.2 Å². The number of methoxy groups -OCH3 is 1. The number of nitrogens with one attached hydrogen (secondary N) is 2. The van der Waals surface area contributed by atoms with Crippen LogP contribution in [0.3, 0.4) is 0 Å². The van der Waals surface area contributed by atoms with Gasteiger partial charge in [-0.1, -0.05) is 23.8 Å². The summed E-state index contributed by atoms with van der Waals surface area (Å²) in [5.74, 6) is -1.20. The van der Waals surface area contributed by atoms with Gasteiger partial charge in [0.05, 0.1) is 30.1 Å². The molecule has 0 radical (unpaired) electrons.